The fourth-order valence-electron chi connectivity index (χ4n) is 0. The largest absolute Gasteiger partial charge is 0.312 e. The SMILES string of the molecule is CN(C)C.[N]. The van der Waals surface area contributed by atoms with Crippen LogP contribution in [0.2, 0.25) is 0 Å². The van der Waals surface area contributed by atoms with E-state index in [-0.39, 0.29) is 6.15 Å². The molecule has 0 saturated carbocycles. The molecule has 0 saturated heterocycles. The summed E-state index contributed by atoms with van der Waals surface area (Å²) >= 11 is 0. The quantitative estimate of drug-likeness (QED) is 0.387. The van der Waals surface area contributed by atoms with Crippen molar-refractivity contribution in [1.29, 1.82) is 0 Å². The summed E-state index contributed by atoms with van der Waals surface area (Å²) in [5.74, 6) is 0. The molecule has 2 heteroatoms. The fourth-order valence-corrected chi connectivity index (χ4v) is 0. The van der Waals surface area contributed by atoms with Crippen molar-refractivity contribution in [2.24, 2.45) is 0 Å². The van der Waals surface area contributed by atoms with E-state index in [1.807, 2.05) is 26.0 Å². The molecule has 0 aromatic rings. The van der Waals surface area contributed by atoms with E-state index in [4.69, 9.17) is 0 Å². The number of hydrogen-bond acceptors (Lipinski definition) is 1. The van der Waals surface area contributed by atoms with Gasteiger partial charge in [-0.1, -0.05) is 0 Å². The monoisotopic (exact) mass is 73.1 g/mol. The van der Waals surface area contributed by atoms with Gasteiger partial charge in [0.05, 0.1) is 0 Å². The maximum Gasteiger partial charge on any atom is 0 e. The topological polar surface area (TPSA) is 33.7 Å². The van der Waals surface area contributed by atoms with Gasteiger partial charge in [-0.3, -0.25) is 0 Å². The molecule has 0 heterocycles. The molecule has 31 valence electrons. The Morgan fingerprint density at radius 2 is 1.00 bits per heavy atom. The summed E-state index contributed by atoms with van der Waals surface area (Å²) in [5.41, 5.74) is 0. The van der Waals surface area contributed by atoms with Crippen LogP contribution in [0.5, 0.6) is 0 Å². The molecule has 0 rings (SSSR count). The van der Waals surface area contributed by atoms with Crippen LogP contribution in [-0.2, 0) is 0 Å². The van der Waals surface area contributed by atoms with Crippen LogP contribution in [0.1, 0.15) is 0 Å². The van der Waals surface area contributed by atoms with Crippen LogP contribution >= 0.6 is 0 Å². The molecule has 0 fully saturated rings. The van der Waals surface area contributed by atoms with Gasteiger partial charge in [-0.25, -0.2) is 0 Å². The summed E-state index contributed by atoms with van der Waals surface area (Å²) in [5, 5.41) is 0. The van der Waals surface area contributed by atoms with Crippen LogP contribution in [0.15, 0.2) is 0 Å². The minimum absolute atomic E-state index is 0. The van der Waals surface area contributed by atoms with Gasteiger partial charge in [0.1, 0.15) is 0 Å². The molecule has 0 aromatic carbocycles. The molecule has 2 nitrogen and oxygen atoms in total. The summed E-state index contributed by atoms with van der Waals surface area (Å²) in [6.07, 6.45) is 0. The minimum atomic E-state index is 0. The smallest absolute Gasteiger partial charge is 0 e. The van der Waals surface area contributed by atoms with Gasteiger partial charge < -0.3 is 4.90 Å². The molecule has 0 aromatic heterocycles. The van der Waals surface area contributed by atoms with E-state index in [9.17, 15) is 0 Å². The lowest BCUT2D eigenvalue weighted by molar-refractivity contribution is 0.505. The van der Waals surface area contributed by atoms with E-state index >= 15 is 0 Å². The highest BCUT2D eigenvalue weighted by Crippen LogP contribution is 1.47. The molecule has 0 aliphatic carbocycles. The Kier molecular flexibility index (Phi) is 6.95. The minimum Gasteiger partial charge on any atom is -0.312 e. The van der Waals surface area contributed by atoms with Crippen LogP contribution in [0.4, 0.5) is 0 Å². The zero-order chi connectivity index (χ0) is 3.58. The molecule has 0 atom stereocenters. The second-order valence-corrected chi connectivity index (χ2v) is 1.34. The zero-order valence-corrected chi connectivity index (χ0v) is 3.89. The van der Waals surface area contributed by atoms with E-state index < -0.39 is 0 Å². The van der Waals surface area contributed by atoms with Gasteiger partial charge in [0.15, 0.2) is 0 Å². The molecule has 0 bridgehead atoms. The van der Waals surface area contributed by atoms with Crippen molar-refractivity contribution in [2.75, 3.05) is 21.1 Å². The fraction of sp³-hybridized carbons (Fsp3) is 1.00. The van der Waals surface area contributed by atoms with Crippen LogP contribution in [0, 0.1) is 0 Å². The van der Waals surface area contributed by atoms with E-state index in [1.165, 1.54) is 0 Å². The molecule has 3 radical (unpaired) electrons. The first-order valence-corrected chi connectivity index (χ1v) is 1.34. The third-order valence-electron chi connectivity index (χ3n) is 0. The van der Waals surface area contributed by atoms with Crippen molar-refractivity contribution in [3.8, 4) is 0 Å². The van der Waals surface area contributed by atoms with Crippen molar-refractivity contribution in [1.82, 2.24) is 11.1 Å². The van der Waals surface area contributed by atoms with Crippen LogP contribution in [0.25, 0.3) is 0 Å². The highest BCUT2D eigenvalue weighted by Gasteiger charge is 1.58. The van der Waals surface area contributed by atoms with Gasteiger partial charge in [-0.05, 0) is 21.1 Å². The zero-order valence-electron chi connectivity index (χ0n) is 3.89. The highest BCUT2D eigenvalue weighted by atomic mass is 15.0. The molecule has 5 heavy (non-hydrogen) atoms. The van der Waals surface area contributed by atoms with Crippen molar-refractivity contribution < 1.29 is 0 Å². The maximum absolute atomic E-state index is 2.00. The van der Waals surface area contributed by atoms with Gasteiger partial charge >= 0.3 is 0 Å². The number of nitrogens with zero attached hydrogens (tertiary/aromatic N) is 2. The standard InChI is InChI=1S/C3H9N.N/c1-4(2)3;/h1-3H3;. The van der Waals surface area contributed by atoms with Crippen LogP contribution in [-0.4, -0.2) is 26.0 Å². The molecule has 0 aliphatic heterocycles. The van der Waals surface area contributed by atoms with Crippen molar-refractivity contribution in [3.63, 3.8) is 0 Å². The Balaban J connectivity index is 0. The summed E-state index contributed by atoms with van der Waals surface area (Å²) in [6.45, 7) is 0. The van der Waals surface area contributed by atoms with Crippen molar-refractivity contribution in [2.45, 2.75) is 0 Å². The molecule has 0 unspecified atom stereocenters. The summed E-state index contributed by atoms with van der Waals surface area (Å²) in [6, 6.07) is 0. The predicted octanol–water partition coefficient (Wildman–Crippen LogP) is -0.303. The summed E-state index contributed by atoms with van der Waals surface area (Å²) in [7, 11) is 6.00. The van der Waals surface area contributed by atoms with Gasteiger partial charge in [-0.15, -0.1) is 0 Å². The van der Waals surface area contributed by atoms with E-state index in [0.29, 0.717) is 0 Å². The lowest BCUT2D eigenvalue weighted by Crippen LogP contribution is -1.99. The number of rotatable bonds is 0. The summed E-state index contributed by atoms with van der Waals surface area (Å²) in [4.78, 5) is 2.00. The van der Waals surface area contributed by atoms with E-state index in [2.05, 4.69) is 0 Å². The van der Waals surface area contributed by atoms with E-state index in [0.717, 1.165) is 0 Å². The second kappa shape index (κ2) is 3.92. The van der Waals surface area contributed by atoms with Crippen LogP contribution in [0.3, 0.4) is 0 Å². The molecule has 0 aliphatic rings. The van der Waals surface area contributed by atoms with Gasteiger partial charge in [0.2, 0.25) is 0 Å². The Labute approximate surface area is 33.4 Å². The predicted molar refractivity (Wildman–Crippen MR) is 21.7 cm³/mol. The van der Waals surface area contributed by atoms with Crippen molar-refractivity contribution in [3.05, 3.63) is 0 Å². The highest BCUT2D eigenvalue weighted by molar-refractivity contribution is 4.09. The average Bonchev–Trinajstić information content (AvgIpc) is 0.811. The average molecular weight is 73.1 g/mol. The van der Waals surface area contributed by atoms with Crippen molar-refractivity contribution >= 4 is 0 Å². The lowest BCUT2D eigenvalue weighted by atomic mass is 11.0. The van der Waals surface area contributed by atoms with Gasteiger partial charge in [0, 0.05) is 6.15 Å². The Hall–Kier alpha value is -0.0800. The third-order valence-corrected chi connectivity index (χ3v) is 0. The summed E-state index contributed by atoms with van der Waals surface area (Å²) < 4.78 is 0. The van der Waals surface area contributed by atoms with Gasteiger partial charge in [-0.2, -0.15) is 0 Å². The lowest BCUT2D eigenvalue weighted by Gasteiger charge is -1.90. The first-order chi connectivity index (χ1) is 1.73. The van der Waals surface area contributed by atoms with Gasteiger partial charge in [0.25, 0.3) is 0 Å². The first-order valence-electron chi connectivity index (χ1n) is 1.34. The molecule has 0 N–H and O–H groups in total. The number of hydrogen-bond donors (Lipinski definition) is 0. The normalized spacial score (nSPS) is 7.20. The maximum atomic E-state index is 2.00. The Morgan fingerprint density at radius 1 is 1.00 bits per heavy atom. The molecule has 0 amide bonds. The van der Waals surface area contributed by atoms with E-state index in [1.54, 1.807) is 0 Å². The molecule has 0 spiro atoms. The Bertz CT molecular complexity index is 9.61. The molecular formula is C3H9N2. The van der Waals surface area contributed by atoms with Crippen LogP contribution < -0.4 is 6.15 Å². The third kappa shape index (κ3) is 2260. The first kappa shape index (κ1) is 8.87. The molecular weight excluding hydrogens is 64.0 g/mol. The Morgan fingerprint density at radius 3 is 1.00 bits per heavy atom. The second-order valence-electron chi connectivity index (χ2n) is 1.34.